The molecule has 0 unspecified atom stereocenters. The summed E-state index contributed by atoms with van der Waals surface area (Å²) in [6, 6.07) is 6.32. The van der Waals surface area contributed by atoms with Crippen LogP contribution >= 0.6 is 11.8 Å². The Labute approximate surface area is 174 Å². The first-order chi connectivity index (χ1) is 14.0. The summed E-state index contributed by atoms with van der Waals surface area (Å²) in [6.45, 7) is 2.33. The molecule has 0 spiro atoms. The van der Waals surface area contributed by atoms with Crippen LogP contribution in [0.3, 0.4) is 0 Å². The second kappa shape index (κ2) is 8.45. The van der Waals surface area contributed by atoms with E-state index in [-0.39, 0.29) is 29.6 Å². The molecule has 2 N–H and O–H groups in total. The molecule has 1 aromatic carbocycles. The maximum atomic E-state index is 12.7. The van der Waals surface area contributed by atoms with Gasteiger partial charge in [-0.05, 0) is 42.7 Å². The quantitative estimate of drug-likeness (QED) is 0.730. The Morgan fingerprint density at radius 1 is 1.28 bits per heavy atom. The Morgan fingerprint density at radius 2 is 2.07 bits per heavy atom. The average Bonchev–Trinajstić information content (AvgIpc) is 3.21. The highest BCUT2D eigenvalue weighted by atomic mass is 32.2. The van der Waals surface area contributed by atoms with E-state index in [0.29, 0.717) is 4.91 Å². The van der Waals surface area contributed by atoms with E-state index in [1.165, 1.54) is 19.3 Å². The van der Waals surface area contributed by atoms with Crippen LogP contribution in [0.25, 0.3) is 17.0 Å². The van der Waals surface area contributed by atoms with Crippen molar-refractivity contribution in [3.8, 4) is 0 Å². The van der Waals surface area contributed by atoms with E-state index in [4.69, 9.17) is 0 Å². The third-order valence-corrected chi connectivity index (χ3v) is 6.42. The van der Waals surface area contributed by atoms with Gasteiger partial charge in [0.2, 0.25) is 5.91 Å². The molecule has 2 heterocycles. The average molecular weight is 412 g/mol. The zero-order valence-electron chi connectivity index (χ0n) is 16.5. The molecule has 4 rings (SSSR count). The summed E-state index contributed by atoms with van der Waals surface area (Å²) in [5.41, 5.74) is 3.00. The van der Waals surface area contributed by atoms with Gasteiger partial charge in [0.05, 0.1) is 10.4 Å². The highest BCUT2D eigenvalue weighted by Crippen LogP contribution is 2.31. The van der Waals surface area contributed by atoms with E-state index in [2.05, 4.69) is 23.6 Å². The summed E-state index contributed by atoms with van der Waals surface area (Å²) in [5, 5.41) is 6.09. The van der Waals surface area contributed by atoms with Crippen molar-refractivity contribution < 1.29 is 14.4 Å². The molecule has 1 aromatic heterocycles. The van der Waals surface area contributed by atoms with Gasteiger partial charge in [0.1, 0.15) is 6.54 Å². The molecule has 0 atom stereocenters. The van der Waals surface area contributed by atoms with Crippen LogP contribution in [0.15, 0.2) is 29.3 Å². The SMILES string of the molecule is CCc1cccc2c(/C=C3\SC(=O)NC3=O)cn(CC(=O)NC3CCCCC3)c12. The molecule has 7 heteroatoms. The van der Waals surface area contributed by atoms with E-state index in [1.807, 2.05) is 22.9 Å². The minimum Gasteiger partial charge on any atom is -0.352 e. The number of nitrogens with zero attached hydrogens (tertiary/aromatic N) is 1. The first kappa shape index (κ1) is 19.8. The summed E-state index contributed by atoms with van der Waals surface area (Å²) in [5.74, 6) is -0.357. The van der Waals surface area contributed by atoms with Crippen molar-refractivity contribution in [1.29, 1.82) is 0 Å². The van der Waals surface area contributed by atoms with Crippen LogP contribution in [0.4, 0.5) is 4.79 Å². The molecule has 1 aliphatic carbocycles. The van der Waals surface area contributed by atoms with E-state index < -0.39 is 0 Å². The minimum atomic E-state index is -0.373. The normalized spacial score (nSPS) is 19.1. The van der Waals surface area contributed by atoms with Crippen LogP contribution in [0, 0.1) is 0 Å². The number of hydrogen-bond donors (Lipinski definition) is 2. The number of aromatic nitrogens is 1. The number of fused-ring (bicyclic) bond motifs is 1. The fourth-order valence-electron chi connectivity index (χ4n) is 4.23. The number of para-hydroxylation sites is 1. The molecule has 3 amide bonds. The Kier molecular flexibility index (Phi) is 5.76. The van der Waals surface area contributed by atoms with Crippen molar-refractivity contribution in [2.45, 2.75) is 58.0 Å². The number of amides is 3. The number of rotatable bonds is 5. The Balaban J connectivity index is 1.66. The third-order valence-electron chi connectivity index (χ3n) is 5.61. The van der Waals surface area contributed by atoms with Crippen molar-refractivity contribution in [1.82, 2.24) is 15.2 Å². The predicted octanol–water partition coefficient (Wildman–Crippen LogP) is 3.98. The number of carbonyl (C=O) groups excluding carboxylic acids is 3. The third kappa shape index (κ3) is 4.24. The van der Waals surface area contributed by atoms with Gasteiger partial charge in [-0.2, -0.15) is 0 Å². The second-order valence-electron chi connectivity index (χ2n) is 7.63. The number of thioether (sulfide) groups is 1. The Morgan fingerprint density at radius 3 is 2.76 bits per heavy atom. The number of carbonyl (C=O) groups is 3. The van der Waals surface area contributed by atoms with Gasteiger partial charge in [-0.15, -0.1) is 0 Å². The molecule has 1 saturated heterocycles. The van der Waals surface area contributed by atoms with E-state index in [9.17, 15) is 14.4 Å². The van der Waals surface area contributed by atoms with Crippen molar-refractivity contribution in [3.63, 3.8) is 0 Å². The molecule has 0 bridgehead atoms. The molecular formula is C22H25N3O3S. The van der Waals surface area contributed by atoms with Gasteiger partial charge in [-0.25, -0.2) is 0 Å². The van der Waals surface area contributed by atoms with Crippen molar-refractivity contribution in [2.75, 3.05) is 0 Å². The zero-order valence-corrected chi connectivity index (χ0v) is 17.3. The van der Waals surface area contributed by atoms with Crippen molar-refractivity contribution >= 4 is 45.8 Å². The Hall–Kier alpha value is -2.54. The first-order valence-electron chi connectivity index (χ1n) is 10.2. The first-order valence-corrected chi connectivity index (χ1v) is 11.0. The monoisotopic (exact) mass is 411 g/mol. The molecule has 2 aliphatic rings. The maximum Gasteiger partial charge on any atom is 0.290 e. The van der Waals surface area contributed by atoms with Gasteiger partial charge < -0.3 is 9.88 Å². The minimum absolute atomic E-state index is 0.0158. The molecular weight excluding hydrogens is 386 g/mol. The van der Waals surface area contributed by atoms with Crippen LogP contribution in [-0.2, 0) is 22.6 Å². The molecule has 1 aliphatic heterocycles. The summed E-state index contributed by atoms with van der Waals surface area (Å²) in [7, 11) is 0. The van der Waals surface area contributed by atoms with Gasteiger partial charge in [0.15, 0.2) is 0 Å². The summed E-state index contributed by atoms with van der Waals surface area (Å²) >= 11 is 0.906. The summed E-state index contributed by atoms with van der Waals surface area (Å²) < 4.78 is 1.97. The highest BCUT2D eigenvalue weighted by Gasteiger charge is 2.26. The van der Waals surface area contributed by atoms with Crippen molar-refractivity contribution in [2.24, 2.45) is 0 Å². The van der Waals surface area contributed by atoms with Crippen molar-refractivity contribution in [3.05, 3.63) is 40.4 Å². The van der Waals surface area contributed by atoms with Crippen LogP contribution in [0.1, 0.15) is 50.2 Å². The summed E-state index contributed by atoms with van der Waals surface area (Å²) in [4.78, 5) is 36.5. The molecule has 6 nitrogen and oxygen atoms in total. The van der Waals surface area contributed by atoms with Gasteiger partial charge in [-0.1, -0.05) is 44.4 Å². The largest absolute Gasteiger partial charge is 0.352 e. The topological polar surface area (TPSA) is 80.2 Å². The van der Waals surface area contributed by atoms with Crippen LogP contribution < -0.4 is 10.6 Å². The zero-order chi connectivity index (χ0) is 20.4. The van der Waals surface area contributed by atoms with Gasteiger partial charge in [0.25, 0.3) is 11.1 Å². The molecule has 0 radical (unpaired) electrons. The number of benzene rings is 1. The number of nitrogens with one attached hydrogen (secondary N) is 2. The molecule has 1 saturated carbocycles. The lowest BCUT2D eigenvalue weighted by molar-refractivity contribution is -0.122. The number of aryl methyl sites for hydroxylation is 1. The van der Waals surface area contributed by atoms with E-state index in [0.717, 1.165) is 53.1 Å². The molecule has 2 aromatic rings. The van der Waals surface area contributed by atoms with E-state index >= 15 is 0 Å². The van der Waals surface area contributed by atoms with Gasteiger partial charge >= 0.3 is 0 Å². The maximum absolute atomic E-state index is 12.7. The molecule has 29 heavy (non-hydrogen) atoms. The fourth-order valence-corrected chi connectivity index (χ4v) is 4.90. The highest BCUT2D eigenvalue weighted by molar-refractivity contribution is 8.18. The lowest BCUT2D eigenvalue weighted by Gasteiger charge is -2.23. The molecule has 152 valence electrons. The van der Waals surface area contributed by atoms with Gasteiger partial charge in [-0.3, -0.25) is 19.7 Å². The molecule has 2 fully saturated rings. The summed E-state index contributed by atoms with van der Waals surface area (Å²) in [6.07, 6.45) is 10.2. The second-order valence-corrected chi connectivity index (χ2v) is 8.65. The van der Waals surface area contributed by atoms with Crippen LogP contribution in [0.5, 0.6) is 0 Å². The van der Waals surface area contributed by atoms with E-state index in [1.54, 1.807) is 6.08 Å². The lowest BCUT2D eigenvalue weighted by atomic mass is 9.95. The predicted molar refractivity (Wildman–Crippen MR) is 115 cm³/mol. The van der Waals surface area contributed by atoms with Gasteiger partial charge in [0, 0.05) is 23.2 Å². The number of hydrogen-bond acceptors (Lipinski definition) is 4. The Bertz CT molecular complexity index is 1000. The van der Waals surface area contributed by atoms with Crippen LogP contribution in [-0.4, -0.2) is 27.7 Å². The standard InChI is InChI=1S/C22H25N3O3S/c1-2-14-7-6-10-17-15(11-18-21(27)24-22(28)29-18)12-25(20(14)17)13-19(26)23-16-8-4-3-5-9-16/h6-7,10-12,16H,2-5,8-9,13H2,1H3,(H,23,26)(H,24,27,28)/b18-11-. The number of imide groups is 1. The fraction of sp³-hybridized carbons (Fsp3) is 0.409. The van der Waals surface area contributed by atoms with Crippen LogP contribution in [0.2, 0.25) is 0 Å². The lowest BCUT2D eigenvalue weighted by Crippen LogP contribution is -2.38. The smallest absolute Gasteiger partial charge is 0.290 e.